The summed E-state index contributed by atoms with van der Waals surface area (Å²) in [5, 5.41) is 13.4. The predicted octanol–water partition coefficient (Wildman–Crippen LogP) is 4.23. The number of amidine groups is 1. The number of nitrogens with zero attached hydrogens (tertiary/aromatic N) is 2. The molecule has 8 heteroatoms. The van der Waals surface area contributed by atoms with Gasteiger partial charge in [0.05, 0.1) is 16.8 Å². The molecule has 7 nitrogen and oxygen atoms in total. The van der Waals surface area contributed by atoms with E-state index >= 15 is 4.39 Å². The summed E-state index contributed by atoms with van der Waals surface area (Å²) in [5.41, 5.74) is 4.11. The summed E-state index contributed by atoms with van der Waals surface area (Å²) in [7, 11) is 0. The highest BCUT2D eigenvalue weighted by Crippen LogP contribution is 2.32. The van der Waals surface area contributed by atoms with Crippen molar-refractivity contribution in [2.75, 3.05) is 6.54 Å². The van der Waals surface area contributed by atoms with Crippen LogP contribution in [-0.4, -0.2) is 28.6 Å². The van der Waals surface area contributed by atoms with Crippen molar-refractivity contribution in [3.63, 3.8) is 0 Å². The van der Waals surface area contributed by atoms with Crippen molar-refractivity contribution >= 4 is 28.3 Å². The Bertz CT molecular complexity index is 1510. The average Bonchev–Trinajstić information content (AvgIpc) is 3.22. The van der Waals surface area contributed by atoms with Crippen LogP contribution in [0.2, 0.25) is 0 Å². The zero-order valence-electron chi connectivity index (χ0n) is 18.5. The number of benzene rings is 3. The van der Waals surface area contributed by atoms with E-state index in [1.165, 1.54) is 6.07 Å². The third kappa shape index (κ3) is 4.17. The lowest BCUT2D eigenvalue weighted by atomic mass is 9.98. The smallest absolute Gasteiger partial charge is 0.320 e. The Kier molecular flexibility index (Phi) is 5.63. The van der Waals surface area contributed by atoms with Crippen molar-refractivity contribution in [2.45, 2.75) is 19.8 Å². The van der Waals surface area contributed by atoms with Gasteiger partial charge in [-0.05, 0) is 47.9 Å². The zero-order chi connectivity index (χ0) is 23.7. The van der Waals surface area contributed by atoms with Gasteiger partial charge in [-0.2, -0.15) is 5.10 Å². The minimum absolute atomic E-state index is 0.245. The fourth-order valence-electron chi connectivity index (χ4n) is 4.18. The lowest BCUT2D eigenvalue weighted by Crippen LogP contribution is -2.39. The first-order valence-corrected chi connectivity index (χ1v) is 11.0. The highest BCUT2D eigenvalue weighted by atomic mass is 19.1. The molecule has 0 spiro atoms. The summed E-state index contributed by atoms with van der Waals surface area (Å²) in [5.74, 6) is 0.223. The van der Waals surface area contributed by atoms with E-state index in [0.717, 1.165) is 27.8 Å². The summed E-state index contributed by atoms with van der Waals surface area (Å²) in [6, 6.07) is 17.6. The Morgan fingerprint density at radius 1 is 1.09 bits per heavy atom. The number of aromatic nitrogens is 2. The van der Waals surface area contributed by atoms with E-state index in [-0.39, 0.29) is 17.4 Å². The third-order valence-corrected chi connectivity index (χ3v) is 5.78. The number of carbonyl (C=O) groups excluding carboxylic acids is 1. The summed E-state index contributed by atoms with van der Waals surface area (Å²) < 4.78 is 15.1. The SMILES string of the molecule is CCNC(=O)NC1=Nc2ccc(-c3ccc(Cc4n[nH]c(=O)c5ccccc45)cc3F)cc2C1. The van der Waals surface area contributed by atoms with Gasteiger partial charge >= 0.3 is 6.03 Å². The predicted molar refractivity (Wildman–Crippen MR) is 130 cm³/mol. The molecule has 5 rings (SSSR count). The minimum atomic E-state index is -0.342. The second-order valence-electron chi connectivity index (χ2n) is 8.10. The van der Waals surface area contributed by atoms with Crippen LogP contribution in [0.1, 0.15) is 23.7 Å². The van der Waals surface area contributed by atoms with E-state index in [1.54, 1.807) is 18.2 Å². The Morgan fingerprint density at radius 3 is 2.71 bits per heavy atom. The van der Waals surface area contributed by atoms with Crippen molar-refractivity contribution < 1.29 is 9.18 Å². The van der Waals surface area contributed by atoms with Crippen molar-refractivity contribution in [3.05, 3.63) is 93.7 Å². The monoisotopic (exact) mass is 455 g/mol. The maximum absolute atomic E-state index is 15.1. The Labute approximate surface area is 194 Å². The first-order chi connectivity index (χ1) is 16.5. The average molecular weight is 455 g/mol. The fourth-order valence-corrected chi connectivity index (χ4v) is 4.18. The van der Waals surface area contributed by atoms with E-state index in [1.807, 2.05) is 43.3 Å². The quantitative estimate of drug-likeness (QED) is 0.430. The molecule has 0 fully saturated rings. The number of nitrogens with one attached hydrogen (secondary N) is 3. The third-order valence-electron chi connectivity index (χ3n) is 5.78. The van der Waals surface area contributed by atoms with E-state index in [0.29, 0.717) is 41.9 Å². The highest BCUT2D eigenvalue weighted by molar-refractivity contribution is 6.02. The molecule has 1 aliphatic heterocycles. The highest BCUT2D eigenvalue weighted by Gasteiger charge is 2.18. The molecule has 0 aliphatic carbocycles. The molecular formula is C26H22FN5O2. The molecule has 170 valence electrons. The molecule has 3 aromatic carbocycles. The summed E-state index contributed by atoms with van der Waals surface area (Å²) >= 11 is 0. The summed E-state index contributed by atoms with van der Waals surface area (Å²) in [4.78, 5) is 28.2. The molecule has 1 aliphatic rings. The molecule has 34 heavy (non-hydrogen) atoms. The molecule has 0 bridgehead atoms. The van der Waals surface area contributed by atoms with E-state index in [4.69, 9.17) is 0 Å². The molecule has 0 radical (unpaired) electrons. The van der Waals surface area contributed by atoms with Crippen LogP contribution in [0.3, 0.4) is 0 Å². The molecular weight excluding hydrogens is 433 g/mol. The van der Waals surface area contributed by atoms with E-state index < -0.39 is 0 Å². The van der Waals surface area contributed by atoms with Crippen molar-refractivity contribution in [1.29, 1.82) is 0 Å². The maximum atomic E-state index is 15.1. The van der Waals surface area contributed by atoms with Gasteiger partial charge in [0.2, 0.25) is 0 Å². The van der Waals surface area contributed by atoms with Gasteiger partial charge in [0.25, 0.3) is 5.56 Å². The molecule has 0 atom stereocenters. The van der Waals surface area contributed by atoms with Crippen LogP contribution in [0.4, 0.5) is 14.9 Å². The molecule has 4 aromatic rings. The number of aliphatic imine (C=N–C) groups is 1. The van der Waals surface area contributed by atoms with Crippen LogP contribution in [0.15, 0.2) is 70.5 Å². The Balaban J connectivity index is 1.37. The van der Waals surface area contributed by atoms with Crippen LogP contribution in [0, 0.1) is 5.82 Å². The molecule has 0 saturated carbocycles. The van der Waals surface area contributed by atoms with Crippen LogP contribution in [0.5, 0.6) is 0 Å². The summed E-state index contributed by atoms with van der Waals surface area (Å²) in [6.07, 6.45) is 0.867. The second kappa shape index (κ2) is 8.90. The van der Waals surface area contributed by atoms with Gasteiger partial charge in [-0.15, -0.1) is 0 Å². The Morgan fingerprint density at radius 2 is 1.91 bits per heavy atom. The molecule has 2 heterocycles. The number of H-pyrrole nitrogens is 1. The summed E-state index contributed by atoms with van der Waals surface area (Å²) in [6.45, 7) is 2.37. The van der Waals surface area contributed by atoms with Gasteiger partial charge < -0.3 is 5.32 Å². The number of hydrogen-bond donors (Lipinski definition) is 3. The van der Waals surface area contributed by atoms with Crippen molar-refractivity contribution in [3.8, 4) is 11.1 Å². The topological polar surface area (TPSA) is 99.2 Å². The number of amides is 2. The molecule has 3 N–H and O–H groups in total. The first kappa shape index (κ1) is 21.5. The molecule has 0 saturated heterocycles. The van der Waals surface area contributed by atoms with Crippen LogP contribution >= 0.6 is 0 Å². The number of hydrogen-bond acceptors (Lipinski definition) is 4. The lowest BCUT2D eigenvalue weighted by Gasteiger charge is -2.09. The molecule has 2 amide bonds. The number of aromatic amines is 1. The van der Waals surface area contributed by atoms with Gasteiger partial charge in [0, 0.05) is 30.3 Å². The molecule has 0 unspecified atom stereocenters. The van der Waals surface area contributed by atoms with Crippen LogP contribution in [-0.2, 0) is 12.8 Å². The largest absolute Gasteiger partial charge is 0.338 e. The number of halogens is 1. The fraction of sp³-hybridized carbons (Fsp3) is 0.154. The lowest BCUT2D eigenvalue weighted by molar-refractivity contribution is 0.245. The van der Waals surface area contributed by atoms with Crippen molar-refractivity contribution in [1.82, 2.24) is 20.8 Å². The maximum Gasteiger partial charge on any atom is 0.320 e. The number of rotatable bonds is 4. The first-order valence-electron chi connectivity index (χ1n) is 11.0. The number of urea groups is 1. The van der Waals surface area contributed by atoms with Gasteiger partial charge in [0.1, 0.15) is 11.7 Å². The standard InChI is InChI=1S/C26H22FN5O2/c1-2-28-26(34)30-24-14-17-13-16(8-10-22(17)29-24)18-9-7-15(11-21(18)27)12-23-19-5-3-4-6-20(19)25(33)32-31-23/h3-11,13H,2,12,14H2,1H3,(H,32,33)(H2,28,29,30,34). The van der Waals surface area contributed by atoms with Gasteiger partial charge in [-0.1, -0.05) is 36.4 Å². The zero-order valence-corrected chi connectivity index (χ0v) is 18.5. The number of carbonyl (C=O) groups is 1. The minimum Gasteiger partial charge on any atom is -0.338 e. The van der Waals surface area contributed by atoms with Gasteiger partial charge in [0.15, 0.2) is 0 Å². The second-order valence-corrected chi connectivity index (χ2v) is 8.10. The molecule has 1 aromatic heterocycles. The van der Waals surface area contributed by atoms with E-state index in [9.17, 15) is 9.59 Å². The number of fused-ring (bicyclic) bond motifs is 2. The van der Waals surface area contributed by atoms with Crippen LogP contribution in [0.25, 0.3) is 21.9 Å². The normalized spacial score (nSPS) is 12.4. The Hall–Kier alpha value is -4.33. The van der Waals surface area contributed by atoms with Crippen LogP contribution < -0.4 is 16.2 Å². The van der Waals surface area contributed by atoms with Gasteiger partial charge in [-0.25, -0.2) is 19.3 Å². The van der Waals surface area contributed by atoms with E-state index in [2.05, 4.69) is 25.8 Å². The van der Waals surface area contributed by atoms with Gasteiger partial charge in [-0.3, -0.25) is 10.1 Å². The van der Waals surface area contributed by atoms with Crippen molar-refractivity contribution in [2.24, 2.45) is 4.99 Å².